The molecule has 2 nitrogen and oxygen atoms in total. The number of halogens is 2. The van der Waals surface area contributed by atoms with Crippen LogP contribution in [0.4, 0.5) is 0 Å². The zero-order valence-electron chi connectivity index (χ0n) is 9.55. The van der Waals surface area contributed by atoms with E-state index in [9.17, 15) is 5.26 Å². The van der Waals surface area contributed by atoms with Gasteiger partial charge in [0, 0.05) is 21.5 Å². The van der Waals surface area contributed by atoms with Crippen LogP contribution in [0.5, 0.6) is 5.75 Å². The molecule has 0 fully saturated rings. The molecule has 0 aliphatic carbocycles. The van der Waals surface area contributed by atoms with E-state index in [1.807, 2.05) is 26.0 Å². The van der Waals surface area contributed by atoms with E-state index < -0.39 is 0 Å². The summed E-state index contributed by atoms with van der Waals surface area (Å²) >= 11 is 9.39. The Bertz CT molecular complexity index is 543. The summed E-state index contributed by atoms with van der Waals surface area (Å²) < 4.78 is 6.49. The normalized spacial score (nSPS) is 17.2. The number of nitrogens with zero attached hydrogens (tertiary/aromatic N) is 1. The lowest BCUT2D eigenvalue weighted by molar-refractivity contribution is 0.225. The number of ether oxygens (including phenoxy) is 1. The summed E-state index contributed by atoms with van der Waals surface area (Å²) in [6, 6.07) is 5.79. The number of benzene rings is 1. The molecule has 1 aliphatic heterocycles. The van der Waals surface area contributed by atoms with E-state index in [2.05, 4.69) is 22.0 Å². The van der Waals surface area contributed by atoms with E-state index in [-0.39, 0.29) is 5.41 Å². The first-order valence-electron chi connectivity index (χ1n) is 5.18. The van der Waals surface area contributed by atoms with E-state index in [4.69, 9.17) is 16.3 Å². The van der Waals surface area contributed by atoms with Crippen molar-refractivity contribution in [1.82, 2.24) is 0 Å². The molecular formula is C13H11BrClNO. The third-order valence-electron chi connectivity index (χ3n) is 2.57. The van der Waals surface area contributed by atoms with Gasteiger partial charge in [0.05, 0.1) is 23.3 Å². The smallest absolute Gasteiger partial charge is 0.129 e. The maximum absolute atomic E-state index is 9.23. The molecule has 4 heteroatoms. The number of allylic oxidation sites excluding steroid dienone is 1. The summed E-state index contributed by atoms with van der Waals surface area (Å²) in [7, 11) is 0. The second-order valence-electron chi connectivity index (χ2n) is 4.71. The summed E-state index contributed by atoms with van der Waals surface area (Å²) in [5.74, 6) is 0.663. The highest BCUT2D eigenvalue weighted by Gasteiger charge is 2.24. The van der Waals surface area contributed by atoms with Crippen LogP contribution in [-0.2, 0) is 0 Å². The molecule has 2 rings (SSSR count). The summed E-state index contributed by atoms with van der Waals surface area (Å²) in [4.78, 5) is 0. The van der Waals surface area contributed by atoms with Gasteiger partial charge in [-0.2, -0.15) is 5.26 Å². The number of hydrogen-bond acceptors (Lipinski definition) is 2. The van der Waals surface area contributed by atoms with E-state index in [1.165, 1.54) is 0 Å². The third-order valence-corrected chi connectivity index (χ3v) is 3.76. The van der Waals surface area contributed by atoms with Crippen molar-refractivity contribution in [3.63, 3.8) is 0 Å². The number of fused-ring (bicyclic) bond motifs is 1. The van der Waals surface area contributed by atoms with Crippen LogP contribution in [0.3, 0.4) is 0 Å². The van der Waals surface area contributed by atoms with Crippen molar-refractivity contribution in [2.24, 2.45) is 5.41 Å². The number of nitriles is 1. The quantitative estimate of drug-likeness (QED) is 0.710. The lowest BCUT2D eigenvalue weighted by Crippen LogP contribution is -2.17. The van der Waals surface area contributed by atoms with Gasteiger partial charge in [0.1, 0.15) is 5.75 Å². The Morgan fingerprint density at radius 1 is 1.47 bits per heavy atom. The van der Waals surface area contributed by atoms with Crippen LogP contribution in [0.25, 0.3) is 5.57 Å². The monoisotopic (exact) mass is 311 g/mol. The van der Waals surface area contributed by atoms with Crippen molar-refractivity contribution in [2.45, 2.75) is 13.8 Å². The van der Waals surface area contributed by atoms with Crippen molar-refractivity contribution < 1.29 is 4.74 Å². The van der Waals surface area contributed by atoms with Crippen LogP contribution >= 0.6 is 27.5 Å². The largest absolute Gasteiger partial charge is 0.492 e. The minimum Gasteiger partial charge on any atom is -0.492 e. The van der Waals surface area contributed by atoms with Crippen LogP contribution in [0.2, 0.25) is 5.02 Å². The highest BCUT2D eigenvalue weighted by molar-refractivity contribution is 9.10. The predicted octanol–water partition coefficient (Wildman–Crippen LogP) is 4.43. The Balaban J connectivity index is 2.64. The van der Waals surface area contributed by atoms with Crippen LogP contribution in [0.1, 0.15) is 19.4 Å². The van der Waals surface area contributed by atoms with Crippen molar-refractivity contribution in [3.05, 3.63) is 33.3 Å². The third kappa shape index (κ3) is 2.48. The fraction of sp³-hybridized carbons (Fsp3) is 0.308. The minimum absolute atomic E-state index is 0.164. The Labute approximate surface area is 114 Å². The highest BCUT2D eigenvalue weighted by atomic mass is 79.9. The molecule has 0 saturated heterocycles. The second kappa shape index (κ2) is 4.36. The van der Waals surface area contributed by atoms with Crippen LogP contribution in [-0.4, -0.2) is 6.61 Å². The Morgan fingerprint density at radius 3 is 2.82 bits per heavy atom. The standard InChI is InChI=1S/C13H11BrClNO/c1-13(2)5-8(6-16)9-3-10(14)11(15)4-12(9)17-7-13/h3-5H,7H2,1-2H3. The highest BCUT2D eigenvalue weighted by Crippen LogP contribution is 2.39. The van der Waals surface area contributed by atoms with Gasteiger partial charge in [-0.15, -0.1) is 0 Å². The molecule has 1 aromatic carbocycles. The van der Waals surface area contributed by atoms with Crippen LogP contribution in [0, 0.1) is 16.7 Å². The van der Waals surface area contributed by atoms with Gasteiger partial charge in [0.15, 0.2) is 0 Å². The summed E-state index contributed by atoms with van der Waals surface area (Å²) in [6.45, 7) is 4.60. The van der Waals surface area contributed by atoms with Gasteiger partial charge in [-0.05, 0) is 22.0 Å². The SMILES string of the molecule is CC1(C)C=C(C#N)c2cc(Br)c(Cl)cc2OC1. The van der Waals surface area contributed by atoms with Crippen molar-refractivity contribution in [1.29, 1.82) is 5.26 Å². The molecule has 1 heterocycles. The van der Waals surface area contributed by atoms with Gasteiger partial charge in [-0.25, -0.2) is 0 Å². The number of hydrogen-bond donors (Lipinski definition) is 0. The maximum Gasteiger partial charge on any atom is 0.129 e. The first kappa shape index (κ1) is 12.5. The summed E-state index contributed by atoms with van der Waals surface area (Å²) in [6.07, 6.45) is 1.94. The lowest BCUT2D eigenvalue weighted by Gasteiger charge is -2.18. The molecule has 17 heavy (non-hydrogen) atoms. The van der Waals surface area contributed by atoms with Gasteiger partial charge in [-0.3, -0.25) is 0 Å². The predicted molar refractivity (Wildman–Crippen MR) is 72.0 cm³/mol. The van der Waals surface area contributed by atoms with Crippen molar-refractivity contribution in [3.8, 4) is 11.8 Å². The average molecular weight is 313 g/mol. The molecule has 1 aliphatic rings. The molecule has 1 aromatic rings. The van der Waals surface area contributed by atoms with Gasteiger partial charge >= 0.3 is 0 Å². The van der Waals surface area contributed by atoms with E-state index in [0.29, 0.717) is 23.0 Å². The van der Waals surface area contributed by atoms with Crippen LogP contribution in [0.15, 0.2) is 22.7 Å². The van der Waals surface area contributed by atoms with E-state index in [0.717, 1.165) is 10.0 Å². The van der Waals surface area contributed by atoms with Crippen LogP contribution < -0.4 is 4.74 Å². The Morgan fingerprint density at radius 2 is 2.18 bits per heavy atom. The molecule has 0 amide bonds. The first-order valence-corrected chi connectivity index (χ1v) is 6.35. The van der Waals surface area contributed by atoms with Gasteiger partial charge < -0.3 is 4.74 Å². The zero-order chi connectivity index (χ0) is 12.6. The first-order chi connectivity index (χ1) is 7.93. The molecule has 0 spiro atoms. The van der Waals surface area contributed by atoms with E-state index in [1.54, 1.807) is 6.07 Å². The lowest BCUT2D eigenvalue weighted by atomic mass is 9.91. The fourth-order valence-corrected chi connectivity index (χ4v) is 2.22. The molecule has 0 radical (unpaired) electrons. The maximum atomic E-state index is 9.23. The zero-order valence-corrected chi connectivity index (χ0v) is 11.9. The van der Waals surface area contributed by atoms with Gasteiger partial charge in [-0.1, -0.05) is 31.5 Å². The van der Waals surface area contributed by atoms with E-state index >= 15 is 0 Å². The van der Waals surface area contributed by atoms with Gasteiger partial charge in [0.2, 0.25) is 0 Å². The molecule has 0 N–H and O–H groups in total. The minimum atomic E-state index is -0.164. The summed E-state index contributed by atoms with van der Waals surface area (Å²) in [5, 5.41) is 9.82. The molecule has 0 atom stereocenters. The fourth-order valence-electron chi connectivity index (χ4n) is 1.72. The molecular weight excluding hydrogens is 302 g/mol. The Kier molecular flexibility index (Phi) is 3.20. The Hall–Kier alpha value is -0.980. The van der Waals surface area contributed by atoms with Crippen molar-refractivity contribution >= 4 is 33.1 Å². The molecule has 0 bridgehead atoms. The average Bonchev–Trinajstić information content (AvgIpc) is 2.38. The molecule has 88 valence electrons. The van der Waals surface area contributed by atoms with Crippen molar-refractivity contribution in [2.75, 3.05) is 6.61 Å². The molecule has 0 saturated carbocycles. The number of rotatable bonds is 0. The summed E-state index contributed by atoms with van der Waals surface area (Å²) in [5.41, 5.74) is 1.25. The molecule has 0 aromatic heterocycles. The molecule has 0 unspecified atom stereocenters. The van der Waals surface area contributed by atoms with Gasteiger partial charge in [0.25, 0.3) is 0 Å². The second-order valence-corrected chi connectivity index (χ2v) is 5.97. The topological polar surface area (TPSA) is 33.0 Å².